The van der Waals surface area contributed by atoms with Crippen molar-refractivity contribution in [2.75, 3.05) is 0 Å². The monoisotopic (exact) mass is 396 g/mol. The topological polar surface area (TPSA) is 54.5 Å². The summed E-state index contributed by atoms with van der Waals surface area (Å²) in [6, 6.07) is 26.4. The molecule has 0 amide bonds. The molecule has 4 aromatic rings. The molecule has 142 valence electrons. The van der Waals surface area contributed by atoms with Crippen molar-refractivity contribution < 1.29 is 0 Å². The van der Waals surface area contributed by atoms with Crippen LogP contribution in [-0.2, 0) is 5.75 Å². The van der Waals surface area contributed by atoms with Crippen molar-refractivity contribution in [3.05, 3.63) is 95.1 Å². The Bertz CT molecular complexity index is 1190. The molecular weight excluding hydrogens is 376 g/mol. The van der Waals surface area contributed by atoms with Crippen LogP contribution in [0.1, 0.15) is 22.3 Å². The van der Waals surface area contributed by atoms with Gasteiger partial charge in [0.1, 0.15) is 0 Å². The quantitative estimate of drug-likeness (QED) is 0.405. The maximum Gasteiger partial charge on any atom is 0.196 e. The van der Waals surface area contributed by atoms with Gasteiger partial charge in [0.05, 0.1) is 17.3 Å². The molecule has 0 saturated carbocycles. The van der Waals surface area contributed by atoms with E-state index in [1.807, 2.05) is 48.5 Å². The Kier molecular flexibility index (Phi) is 5.46. The van der Waals surface area contributed by atoms with Crippen LogP contribution in [0.15, 0.2) is 78.0 Å². The highest BCUT2D eigenvalue weighted by Crippen LogP contribution is 2.32. The van der Waals surface area contributed by atoms with Crippen molar-refractivity contribution in [1.29, 1.82) is 5.26 Å². The highest BCUT2D eigenvalue weighted by atomic mass is 32.2. The first-order valence-electron chi connectivity index (χ1n) is 9.36. The molecule has 4 rings (SSSR count). The number of hydrogen-bond donors (Lipinski definition) is 0. The van der Waals surface area contributed by atoms with Crippen LogP contribution in [0.25, 0.3) is 17.1 Å². The minimum atomic E-state index is 0.670. The molecule has 1 heterocycles. The lowest BCUT2D eigenvalue weighted by atomic mass is 10.1. The predicted molar refractivity (Wildman–Crippen MR) is 117 cm³/mol. The van der Waals surface area contributed by atoms with Gasteiger partial charge in [-0.15, -0.1) is 10.2 Å². The van der Waals surface area contributed by atoms with E-state index in [1.54, 1.807) is 11.8 Å². The molecule has 3 aromatic carbocycles. The van der Waals surface area contributed by atoms with Crippen LogP contribution in [0.4, 0.5) is 0 Å². The smallest absolute Gasteiger partial charge is 0.196 e. The fourth-order valence-electron chi connectivity index (χ4n) is 3.22. The molecular formula is C24H20N4S. The van der Waals surface area contributed by atoms with Crippen LogP contribution in [0.5, 0.6) is 0 Å². The van der Waals surface area contributed by atoms with E-state index in [2.05, 4.69) is 58.9 Å². The number of para-hydroxylation sites is 1. The van der Waals surface area contributed by atoms with Gasteiger partial charge in [0.15, 0.2) is 11.0 Å². The molecule has 5 heteroatoms. The average Bonchev–Trinajstić information content (AvgIpc) is 3.16. The Labute approximate surface area is 174 Å². The second-order valence-electron chi connectivity index (χ2n) is 6.84. The van der Waals surface area contributed by atoms with Crippen molar-refractivity contribution in [3.8, 4) is 23.1 Å². The summed E-state index contributed by atoms with van der Waals surface area (Å²) in [5.41, 5.74) is 6.31. The number of aryl methyl sites for hydroxylation is 2. The van der Waals surface area contributed by atoms with Gasteiger partial charge in [0.2, 0.25) is 0 Å². The summed E-state index contributed by atoms with van der Waals surface area (Å²) < 4.78 is 2.14. The SMILES string of the molecule is Cc1ccccc1-c1nnc(SCc2ccc(C#N)cc2)n1-c1ccccc1C. The maximum absolute atomic E-state index is 8.98. The van der Waals surface area contributed by atoms with E-state index in [0.29, 0.717) is 5.56 Å². The molecule has 4 nitrogen and oxygen atoms in total. The minimum Gasteiger partial charge on any atom is -0.270 e. The zero-order valence-corrected chi connectivity index (χ0v) is 17.1. The molecule has 0 N–H and O–H groups in total. The van der Waals surface area contributed by atoms with Crippen molar-refractivity contribution in [1.82, 2.24) is 14.8 Å². The largest absolute Gasteiger partial charge is 0.270 e. The molecule has 0 unspecified atom stereocenters. The number of rotatable bonds is 5. The number of aromatic nitrogens is 3. The van der Waals surface area contributed by atoms with E-state index in [-0.39, 0.29) is 0 Å². The molecule has 0 atom stereocenters. The molecule has 0 bridgehead atoms. The van der Waals surface area contributed by atoms with E-state index in [0.717, 1.165) is 33.5 Å². The Morgan fingerprint density at radius 1 is 0.862 bits per heavy atom. The van der Waals surface area contributed by atoms with Gasteiger partial charge in [-0.2, -0.15) is 5.26 Å². The summed E-state index contributed by atoms with van der Waals surface area (Å²) >= 11 is 1.64. The lowest BCUT2D eigenvalue weighted by Crippen LogP contribution is -2.02. The molecule has 0 aliphatic heterocycles. The van der Waals surface area contributed by atoms with Gasteiger partial charge in [-0.1, -0.05) is 66.4 Å². The highest BCUT2D eigenvalue weighted by Gasteiger charge is 2.18. The summed E-state index contributed by atoms with van der Waals surface area (Å²) in [5.74, 6) is 1.60. The van der Waals surface area contributed by atoms with Gasteiger partial charge in [-0.05, 0) is 48.7 Å². The van der Waals surface area contributed by atoms with Crippen molar-refractivity contribution >= 4 is 11.8 Å². The number of nitriles is 1. The molecule has 29 heavy (non-hydrogen) atoms. The lowest BCUT2D eigenvalue weighted by Gasteiger charge is -2.14. The number of nitrogens with zero attached hydrogens (tertiary/aromatic N) is 4. The highest BCUT2D eigenvalue weighted by molar-refractivity contribution is 7.98. The third-order valence-corrected chi connectivity index (χ3v) is 5.83. The van der Waals surface area contributed by atoms with Crippen LogP contribution in [-0.4, -0.2) is 14.8 Å². The summed E-state index contributed by atoms with van der Waals surface area (Å²) in [7, 11) is 0. The second kappa shape index (κ2) is 8.34. The fourth-order valence-corrected chi connectivity index (χ4v) is 4.12. The van der Waals surface area contributed by atoms with Gasteiger partial charge in [0, 0.05) is 11.3 Å². The van der Waals surface area contributed by atoms with Gasteiger partial charge in [-0.3, -0.25) is 4.57 Å². The predicted octanol–water partition coefficient (Wildman–Crippen LogP) is 5.72. The molecule has 0 radical (unpaired) electrons. The van der Waals surface area contributed by atoms with E-state index in [4.69, 9.17) is 5.26 Å². The third kappa shape index (κ3) is 3.94. The number of hydrogen-bond acceptors (Lipinski definition) is 4. The summed E-state index contributed by atoms with van der Waals surface area (Å²) in [4.78, 5) is 0. The fraction of sp³-hybridized carbons (Fsp3) is 0.125. The van der Waals surface area contributed by atoms with Crippen LogP contribution >= 0.6 is 11.8 Å². The Morgan fingerprint density at radius 2 is 1.55 bits per heavy atom. The first-order valence-corrected chi connectivity index (χ1v) is 10.3. The van der Waals surface area contributed by atoms with Gasteiger partial charge >= 0.3 is 0 Å². The zero-order valence-electron chi connectivity index (χ0n) is 16.3. The third-order valence-electron chi connectivity index (χ3n) is 4.83. The van der Waals surface area contributed by atoms with Gasteiger partial charge in [-0.25, -0.2) is 0 Å². The molecule has 0 aliphatic carbocycles. The summed E-state index contributed by atoms with van der Waals surface area (Å²) in [6.07, 6.45) is 0. The second-order valence-corrected chi connectivity index (χ2v) is 7.78. The number of thioether (sulfide) groups is 1. The van der Waals surface area contributed by atoms with Gasteiger partial charge < -0.3 is 0 Å². The lowest BCUT2D eigenvalue weighted by molar-refractivity contribution is 0.880. The Hall–Kier alpha value is -3.36. The molecule has 0 saturated heterocycles. The average molecular weight is 397 g/mol. The molecule has 0 aliphatic rings. The van der Waals surface area contributed by atoms with E-state index in [1.165, 1.54) is 11.1 Å². The molecule has 0 spiro atoms. The molecule has 1 aromatic heterocycles. The standard InChI is InChI=1S/C24H20N4S/c1-17-7-3-5-9-21(17)23-26-27-24(28(23)22-10-6-4-8-18(22)2)29-16-20-13-11-19(15-25)12-14-20/h3-14H,16H2,1-2H3. The normalized spacial score (nSPS) is 10.7. The van der Waals surface area contributed by atoms with Crippen LogP contribution in [0, 0.1) is 25.2 Å². The van der Waals surface area contributed by atoms with Crippen molar-refractivity contribution in [2.24, 2.45) is 0 Å². The maximum atomic E-state index is 8.98. The summed E-state index contributed by atoms with van der Waals surface area (Å²) in [5, 5.41) is 18.9. The van der Waals surface area contributed by atoms with Crippen LogP contribution in [0.3, 0.4) is 0 Å². The summed E-state index contributed by atoms with van der Waals surface area (Å²) in [6.45, 7) is 4.20. The van der Waals surface area contributed by atoms with E-state index >= 15 is 0 Å². The van der Waals surface area contributed by atoms with Crippen molar-refractivity contribution in [2.45, 2.75) is 24.8 Å². The van der Waals surface area contributed by atoms with Gasteiger partial charge in [0.25, 0.3) is 0 Å². The number of benzene rings is 3. The van der Waals surface area contributed by atoms with Crippen molar-refractivity contribution in [3.63, 3.8) is 0 Å². The molecule has 0 fully saturated rings. The minimum absolute atomic E-state index is 0.670. The Balaban J connectivity index is 1.75. The Morgan fingerprint density at radius 3 is 2.24 bits per heavy atom. The zero-order chi connectivity index (χ0) is 20.2. The van der Waals surface area contributed by atoms with Crippen LogP contribution in [0.2, 0.25) is 0 Å². The first kappa shape index (κ1) is 19.0. The first-order chi connectivity index (χ1) is 14.2. The van der Waals surface area contributed by atoms with E-state index in [9.17, 15) is 0 Å². The van der Waals surface area contributed by atoms with E-state index < -0.39 is 0 Å². The van der Waals surface area contributed by atoms with Crippen LogP contribution < -0.4 is 0 Å².